The summed E-state index contributed by atoms with van der Waals surface area (Å²) in [5.41, 5.74) is 4.48. The minimum Gasteiger partial charge on any atom is -0.361 e. The highest BCUT2D eigenvalue weighted by molar-refractivity contribution is 7.89. The fraction of sp³-hybridized carbons (Fsp3) is 0.355. The number of nitrogens with one attached hydrogen (secondary N) is 2. The Hall–Kier alpha value is -3.53. The molecule has 4 rings (SSSR count). The lowest BCUT2D eigenvalue weighted by atomic mass is 9.96. The number of aromatic amines is 1. The predicted molar refractivity (Wildman–Crippen MR) is 160 cm³/mol. The van der Waals surface area contributed by atoms with E-state index in [-0.39, 0.29) is 15.5 Å². The number of non-ortho nitro benzene ring substituents is 1. The van der Waals surface area contributed by atoms with Gasteiger partial charge in [-0.05, 0) is 86.1 Å². The van der Waals surface area contributed by atoms with Crippen molar-refractivity contribution in [2.75, 3.05) is 26.7 Å². The molecule has 0 bridgehead atoms. The Bertz CT molecular complexity index is 1520. The number of hydrogen-bond donors (Lipinski definition) is 2. The number of rotatable bonds is 14. The summed E-state index contributed by atoms with van der Waals surface area (Å²) < 4.78 is 28.4. The smallest absolute Gasteiger partial charge is 0.269 e. The van der Waals surface area contributed by atoms with Crippen LogP contribution in [0.2, 0.25) is 0 Å². The molecule has 9 heteroatoms. The topological polar surface area (TPSA) is 108 Å². The lowest BCUT2D eigenvalue weighted by Gasteiger charge is -2.21. The van der Waals surface area contributed by atoms with E-state index in [0.717, 1.165) is 53.5 Å². The number of benzene rings is 3. The van der Waals surface area contributed by atoms with Gasteiger partial charge in [-0.25, -0.2) is 13.1 Å². The van der Waals surface area contributed by atoms with Gasteiger partial charge in [-0.2, -0.15) is 0 Å². The molecule has 0 aliphatic rings. The normalized spacial score (nSPS) is 13.5. The highest BCUT2D eigenvalue weighted by atomic mass is 32.2. The quantitative estimate of drug-likeness (QED) is 0.140. The third-order valence-electron chi connectivity index (χ3n) is 7.68. The maximum Gasteiger partial charge on any atom is 0.269 e. The van der Waals surface area contributed by atoms with E-state index >= 15 is 0 Å². The molecule has 40 heavy (non-hydrogen) atoms. The molecule has 0 spiro atoms. The van der Waals surface area contributed by atoms with Crippen LogP contribution in [0, 0.1) is 10.1 Å². The summed E-state index contributed by atoms with van der Waals surface area (Å²) in [6, 6.07) is 22.0. The molecule has 1 heterocycles. The zero-order chi connectivity index (χ0) is 28.7. The second kappa shape index (κ2) is 13.2. The second-order valence-electron chi connectivity index (χ2n) is 10.6. The maximum absolute atomic E-state index is 12.8. The molecule has 0 fully saturated rings. The van der Waals surface area contributed by atoms with E-state index in [1.807, 2.05) is 54.7 Å². The number of sulfonamides is 1. The first-order valence-electron chi connectivity index (χ1n) is 13.7. The number of hydrogen-bond acceptors (Lipinski definition) is 5. The number of nitrogens with zero attached hydrogens (tertiary/aromatic N) is 2. The van der Waals surface area contributed by atoms with Crippen LogP contribution in [0.5, 0.6) is 0 Å². The van der Waals surface area contributed by atoms with Gasteiger partial charge >= 0.3 is 0 Å². The minimum atomic E-state index is -3.58. The molecule has 0 amide bonds. The van der Waals surface area contributed by atoms with Crippen molar-refractivity contribution < 1.29 is 13.3 Å². The van der Waals surface area contributed by atoms with E-state index in [2.05, 4.69) is 35.5 Å². The van der Waals surface area contributed by atoms with Gasteiger partial charge in [0.05, 0.1) is 9.82 Å². The Morgan fingerprint density at radius 2 is 1.48 bits per heavy atom. The Labute approximate surface area is 236 Å². The number of nitro groups is 1. The van der Waals surface area contributed by atoms with Gasteiger partial charge in [-0.15, -0.1) is 0 Å². The molecule has 0 unspecified atom stereocenters. The number of nitro benzene ring substituents is 1. The first-order chi connectivity index (χ1) is 19.1. The van der Waals surface area contributed by atoms with Crippen LogP contribution < -0.4 is 4.72 Å². The lowest BCUT2D eigenvalue weighted by molar-refractivity contribution is -0.384. The first-order valence-corrected chi connectivity index (χ1v) is 15.2. The molecule has 2 atom stereocenters. The number of aromatic nitrogens is 1. The standard InChI is InChI=1S/C31H38N4O4S/c1-23(25-8-12-28(13-9-25)35(36)37)17-20-34(3)21-18-24(2)26-10-14-29(15-11-26)40(38,39)33-19-16-27-22-32-31-7-5-4-6-30(27)31/h4-15,22-24,32-33H,16-21H2,1-3H3/t23-,24+/m1/s1. The Morgan fingerprint density at radius 1 is 0.900 bits per heavy atom. The zero-order valence-corrected chi connectivity index (χ0v) is 24.2. The number of H-pyrrole nitrogens is 1. The molecule has 0 aliphatic carbocycles. The van der Waals surface area contributed by atoms with Crippen molar-refractivity contribution in [3.05, 3.63) is 106 Å². The molecule has 1 aromatic heterocycles. The molecule has 0 saturated heterocycles. The fourth-order valence-electron chi connectivity index (χ4n) is 4.92. The molecule has 4 aromatic rings. The van der Waals surface area contributed by atoms with Crippen LogP contribution in [0.1, 0.15) is 55.2 Å². The molecule has 2 N–H and O–H groups in total. The summed E-state index contributed by atoms with van der Waals surface area (Å²) >= 11 is 0. The summed E-state index contributed by atoms with van der Waals surface area (Å²) in [5, 5.41) is 12.0. The number of para-hydroxylation sites is 1. The average molecular weight is 563 g/mol. The SMILES string of the molecule is C[C@H](CCN(C)CC[C@H](C)c1ccc(S(=O)(=O)NCCc2c[nH]c3ccccc23)cc1)c1ccc([N+](=O)[O-])cc1. The minimum absolute atomic E-state index is 0.116. The zero-order valence-electron chi connectivity index (χ0n) is 23.3. The third-order valence-corrected chi connectivity index (χ3v) is 9.16. The molecule has 0 aliphatic heterocycles. The van der Waals surface area contributed by atoms with E-state index in [0.29, 0.717) is 24.8 Å². The van der Waals surface area contributed by atoms with Crippen LogP contribution in [0.25, 0.3) is 10.9 Å². The van der Waals surface area contributed by atoms with Crippen molar-refractivity contribution in [2.45, 2.75) is 49.8 Å². The van der Waals surface area contributed by atoms with Gasteiger partial charge < -0.3 is 9.88 Å². The second-order valence-corrected chi connectivity index (χ2v) is 12.4. The van der Waals surface area contributed by atoms with Crippen molar-refractivity contribution in [3.63, 3.8) is 0 Å². The fourth-order valence-corrected chi connectivity index (χ4v) is 5.95. The Morgan fingerprint density at radius 3 is 2.08 bits per heavy atom. The van der Waals surface area contributed by atoms with Gasteiger partial charge in [-0.3, -0.25) is 10.1 Å². The number of fused-ring (bicyclic) bond motifs is 1. The highest BCUT2D eigenvalue weighted by Crippen LogP contribution is 2.24. The van der Waals surface area contributed by atoms with Gasteiger partial charge in [0.25, 0.3) is 5.69 Å². The lowest BCUT2D eigenvalue weighted by Crippen LogP contribution is -2.26. The van der Waals surface area contributed by atoms with Crippen LogP contribution in [0.3, 0.4) is 0 Å². The summed E-state index contributed by atoms with van der Waals surface area (Å²) in [5.74, 6) is 0.604. The van der Waals surface area contributed by atoms with Gasteiger partial charge in [0, 0.05) is 35.8 Å². The van der Waals surface area contributed by atoms with E-state index in [9.17, 15) is 18.5 Å². The van der Waals surface area contributed by atoms with Gasteiger partial charge in [0.1, 0.15) is 0 Å². The molecule has 8 nitrogen and oxygen atoms in total. The first kappa shape index (κ1) is 29.5. The van der Waals surface area contributed by atoms with Crippen LogP contribution in [0.4, 0.5) is 5.69 Å². The summed E-state index contributed by atoms with van der Waals surface area (Å²) in [6.07, 6.45) is 4.46. The van der Waals surface area contributed by atoms with E-state index < -0.39 is 10.0 Å². The van der Waals surface area contributed by atoms with Gasteiger partial charge in [0.2, 0.25) is 10.0 Å². The third kappa shape index (κ3) is 7.56. The van der Waals surface area contributed by atoms with E-state index in [1.54, 1.807) is 24.3 Å². The monoisotopic (exact) mass is 562 g/mol. The molecular weight excluding hydrogens is 524 g/mol. The summed E-state index contributed by atoms with van der Waals surface area (Å²) in [4.78, 5) is 16.3. The average Bonchev–Trinajstić information content (AvgIpc) is 3.37. The van der Waals surface area contributed by atoms with Crippen LogP contribution in [0.15, 0.2) is 83.9 Å². The largest absolute Gasteiger partial charge is 0.361 e. The Balaban J connectivity index is 1.21. The van der Waals surface area contributed by atoms with Crippen LogP contribution in [-0.2, 0) is 16.4 Å². The van der Waals surface area contributed by atoms with Gasteiger partial charge in [-0.1, -0.05) is 56.3 Å². The predicted octanol–water partition coefficient (Wildman–Crippen LogP) is 6.22. The summed E-state index contributed by atoms with van der Waals surface area (Å²) in [7, 11) is -1.48. The van der Waals surface area contributed by atoms with Crippen LogP contribution in [-0.4, -0.2) is 49.9 Å². The molecule has 0 radical (unpaired) electrons. The summed E-state index contributed by atoms with van der Waals surface area (Å²) in [6.45, 7) is 6.48. The molecular formula is C31H38N4O4S. The highest BCUT2D eigenvalue weighted by Gasteiger charge is 2.16. The van der Waals surface area contributed by atoms with Crippen molar-refractivity contribution >= 4 is 26.6 Å². The van der Waals surface area contributed by atoms with Crippen molar-refractivity contribution in [1.82, 2.24) is 14.6 Å². The van der Waals surface area contributed by atoms with Gasteiger partial charge in [0.15, 0.2) is 0 Å². The van der Waals surface area contributed by atoms with E-state index in [1.165, 1.54) is 0 Å². The van der Waals surface area contributed by atoms with Crippen molar-refractivity contribution in [1.29, 1.82) is 0 Å². The Kier molecular flexibility index (Phi) is 9.73. The van der Waals surface area contributed by atoms with Crippen molar-refractivity contribution in [2.24, 2.45) is 0 Å². The molecule has 212 valence electrons. The molecule has 3 aromatic carbocycles. The molecule has 0 saturated carbocycles. The van der Waals surface area contributed by atoms with E-state index in [4.69, 9.17) is 0 Å². The maximum atomic E-state index is 12.8. The van der Waals surface area contributed by atoms with Crippen molar-refractivity contribution in [3.8, 4) is 0 Å². The van der Waals surface area contributed by atoms with Crippen LogP contribution >= 0.6 is 0 Å².